The van der Waals surface area contributed by atoms with Crippen molar-refractivity contribution in [2.45, 2.75) is 76.3 Å². The Morgan fingerprint density at radius 2 is 1.95 bits per heavy atom. The summed E-state index contributed by atoms with van der Waals surface area (Å²) in [6, 6.07) is 0. The molecule has 1 saturated carbocycles. The quantitative estimate of drug-likeness (QED) is 0.386. The van der Waals surface area contributed by atoms with Crippen molar-refractivity contribution >= 4 is 5.97 Å². The molecule has 2 saturated heterocycles. The number of rotatable bonds is 8. The van der Waals surface area contributed by atoms with Crippen LogP contribution in [0.1, 0.15) is 58.3 Å². The smallest absolute Gasteiger partial charge is 0.311 e. The molecule has 3 aliphatic rings. The summed E-state index contributed by atoms with van der Waals surface area (Å²) in [6.45, 7) is 2.78. The molecule has 1 spiro atoms. The lowest BCUT2D eigenvalue weighted by atomic mass is 9.89. The van der Waals surface area contributed by atoms with Crippen LogP contribution in [0, 0.1) is 5.92 Å². The van der Waals surface area contributed by atoms with Crippen LogP contribution in [0.25, 0.3) is 0 Å². The second kappa shape index (κ2) is 5.41. The zero-order valence-electron chi connectivity index (χ0n) is 11.7. The van der Waals surface area contributed by atoms with Gasteiger partial charge >= 0.3 is 5.97 Å². The zero-order valence-corrected chi connectivity index (χ0v) is 11.7. The Morgan fingerprint density at radius 1 is 1.16 bits per heavy atom. The van der Waals surface area contributed by atoms with Crippen molar-refractivity contribution in [3.8, 4) is 0 Å². The predicted octanol–water partition coefficient (Wildman–Crippen LogP) is 2.79. The van der Waals surface area contributed by atoms with Crippen molar-refractivity contribution in [1.82, 2.24) is 0 Å². The molecule has 4 unspecified atom stereocenters. The van der Waals surface area contributed by atoms with Gasteiger partial charge in [-0.25, -0.2) is 0 Å². The van der Waals surface area contributed by atoms with Gasteiger partial charge in [0.05, 0.1) is 12.5 Å². The van der Waals surface area contributed by atoms with Crippen molar-refractivity contribution in [1.29, 1.82) is 0 Å². The lowest BCUT2D eigenvalue weighted by Gasteiger charge is -2.14. The van der Waals surface area contributed by atoms with E-state index in [2.05, 4.69) is 6.92 Å². The highest BCUT2D eigenvalue weighted by Crippen LogP contribution is 2.63. The second-order valence-corrected chi connectivity index (χ2v) is 5.99. The number of epoxide rings is 2. The van der Waals surface area contributed by atoms with Gasteiger partial charge in [0.1, 0.15) is 12.2 Å². The molecule has 0 aromatic carbocycles. The van der Waals surface area contributed by atoms with Crippen molar-refractivity contribution in [3.63, 3.8) is 0 Å². The fourth-order valence-corrected chi connectivity index (χ4v) is 3.22. The van der Waals surface area contributed by atoms with Crippen LogP contribution < -0.4 is 0 Å². The van der Waals surface area contributed by atoms with E-state index in [9.17, 15) is 4.79 Å². The van der Waals surface area contributed by atoms with Gasteiger partial charge in [0.15, 0.2) is 0 Å². The lowest BCUT2D eigenvalue weighted by molar-refractivity contribution is -0.149. The van der Waals surface area contributed by atoms with E-state index in [0.717, 1.165) is 25.7 Å². The topological polar surface area (TPSA) is 51.4 Å². The number of unbranched alkanes of at least 4 members (excludes halogenated alkanes) is 5. The maximum Gasteiger partial charge on any atom is 0.311 e. The highest BCUT2D eigenvalue weighted by atomic mass is 16.9. The van der Waals surface area contributed by atoms with Crippen molar-refractivity contribution in [3.05, 3.63) is 0 Å². The molecule has 0 N–H and O–H groups in total. The Labute approximate surface area is 114 Å². The Bertz CT molecular complexity index is 343. The SMILES string of the molecule is CCCCCCCCOC(=O)C1CCC2OC23OC13. The highest BCUT2D eigenvalue weighted by molar-refractivity contribution is 5.74. The summed E-state index contributed by atoms with van der Waals surface area (Å²) in [5.74, 6) is -0.509. The first kappa shape index (κ1) is 13.4. The van der Waals surface area contributed by atoms with Crippen LogP contribution in [-0.4, -0.2) is 30.6 Å². The molecule has 3 fully saturated rings. The summed E-state index contributed by atoms with van der Waals surface area (Å²) in [4.78, 5) is 12.0. The predicted molar refractivity (Wildman–Crippen MR) is 69.5 cm³/mol. The van der Waals surface area contributed by atoms with Crippen LogP contribution in [0.15, 0.2) is 0 Å². The molecular formula is C15H24O4. The van der Waals surface area contributed by atoms with Crippen LogP contribution in [0.3, 0.4) is 0 Å². The molecule has 2 aliphatic heterocycles. The Balaban J connectivity index is 1.27. The van der Waals surface area contributed by atoms with Crippen LogP contribution in [0.5, 0.6) is 0 Å². The van der Waals surface area contributed by atoms with Crippen molar-refractivity contribution < 1.29 is 19.0 Å². The summed E-state index contributed by atoms with van der Waals surface area (Å²) < 4.78 is 16.4. The summed E-state index contributed by atoms with van der Waals surface area (Å²) in [5.41, 5.74) is 0. The first-order valence-corrected chi connectivity index (χ1v) is 7.80. The molecule has 4 atom stereocenters. The minimum absolute atomic E-state index is 0.0108. The first-order valence-electron chi connectivity index (χ1n) is 7.80. The lowest BCUT2D eigenvalue weighted by Crippen LogP contribution is -2.28. The number of carbonyl (C=O) groups excluding carboxylic acids is 1. The number of ether oxygens (including phenoxy) is 3. The van der Waals surface area contributed by atoms with E-state index in [0.29, 0.717) is 6.61 Å². The molecular weight excluding hydrogens is 244 g/mol. The number of esters is 1. The standard InChI is InChI=1S/C15H24O4/c1-2-3-4-5-6-7-10-17-14(16)11-8-9-12-15(18-12)13(11)19-15/h11-13H,2-10H2,1H3. The van der Waals surface area contributed by atoms with Gasteiger partial charge in [-0.05, 0) is 19.3 Å². The van der Waals surface area contributed by atoms with E-state index in [-0.39, 0.29) is 29.9 Å². The van der Waals surface area contributed by atoms with E-state index in [1.807, 2.05) is 0 Å². The van der Waals surface area contributed by atoms with Crippen LogP contribution in [0.4, 0.5) is 0 Å². The summed E-state index contributed by atoms with van der Waals surface area (Å²) in [5, 5.41) is 0. The van der Waals surface area contributed by atoms with E-state index in [1.54, 1.807) is 0 Å². The summed E-state index contributed by atoms with van der Waals surface area (Å²) >= 11 is 0. The fourth-order valence-electron chi connectivity index (χ4n) is 3.22. The molecule has 2 heterocycles. The number of carbonyl (C=O) groups is 1. The molecule has 0 bridgehead atoms. The first-order chi connectivity index (χ1) is 9.28. The maximum atomic E-state index is 12.0. The van der Waals surface area contributed by atoms with E-state index in [1.165, 1.54) is 25.7 Å². The van der Waals surface area contributed by atoms with Crippen molar-refractivity contribution in [2.24, 2.45) is 5.92 Å². The van der Waals surface area contributed by atoms with Gasteiger partial charge in [-0.1, -0.05) is 39.0 Å². The van der Waals surface area contributed by atoms with Crippen LogP contribution in [-0.2, 0) is 19.0 Å². The van der Waals surface area contributed by atoms with Gasteiger partial charge in [0.25, 0.3) is 0 Å². The van der Waals surface area contributed by atoms with Gasteiger partial charge < -0.3 is 14.2 Å². The fraction of sp³-hybridized carbons (Fsp3) is 0.933. The molecule has 0 aromatic rings. The third kappa shape index (κ3) is 2.65. The maximum absolute atomic E-state index is 12.0. The highest BCUT2D eigenvalue weighted by Gasteiger charge is 2.81. The molecule has 3 rings (SSSR count). The Hall–Kier alpha value is -0.610. The molecule has 1 aliphatic carbocycles. The van der Waals surface area contributed by atoms with Gasteiger partial charge in [0.2, 0.25) is 5.79 Å². The Kier molecular flexibility index (Phi) is 3.81. The third-order valence-electron chi connectivity index (χ3n) is 4.52. The summed E-state index contributed by atoms with van der Waals surface area (Å²) in [6.07, 6.45) is 9.31. The number of hydrogen-bond acceptors (Lipinski definition) is 4. The molecule has 0 radical (unpaired) electrons. The number of hydrogen-bond donors (Lipinski definition) is 0. The summed E-state index contributed by atoms with van der Waals surface area (Å²) in [7, 11) is 0. The normalized spacial score (nSPS) is 38.3. The monoisotopic (exact) mass is 268 g/mol. The molecule has 0 amide bonds. The van der Waals surface area contributed by atoms with E-state index >= 15 is 0 Å². The molecule has 0 aromatic heterocycles. The minimum Gasteiger partial charge on any atom is -0.465 e. The largest absolute Gasteiger partial charge is 0.465 e. The average Bonchev–Trinajstić information content (AvgIpc) is 3.27. The molecule has 4 heteroatoms. The van der Waals surface area contributed by atoms with Crippen LogP contribution in [0.2, 0.25) is 0 Å². The second-order valence-electron chi connectivity index (χ2n) is 5.99. The zero-order chi connectivity index (χ0) is 13.3. The van der Waals surface area contributed by atoms with Crippen molar-refractivity contribution in [2.75, 3.05) is 6.61 Å². The van der Waals surface area contributed by atoms with Gasteiger partial charge in [-0.15, -0.1) is 0 Å². The van der Waals surface area contributed by atoms with Gasteiger partial charge in [-0.2, -0.15) is 0 Å². The molecule has 108 valence electrons. The molecule has 19 heavy (non-hydrogen) atoms. The van der Waals surface area contributed by atoms with Crippen LogP contribution >= 0.6 is 0 Å². The van der Waals surface area contributed by atoms with E-state index < -0.39 is 0 Å². The van der Waals surface area contributed by atoms with Gasteiger partial charge in [-0.3, -0.25) is 4.79 Å². The molecule has 4 nitrogen and oxygen atoms in total. The third-order valence-corrected chi connectivity index (χ3v) is 4.52. The minimum atomic E-state index is -0.345. The van der Waals surface area contributed by atoms with Gasteiger partial charge in [0, 0.05) is 0 Å². The Morgan fingerprint density at radius 3 is 2.79 bits per heavy atom. The average molecular weight is 268 g/mol. The van der Waals surface area contributed by atoms with E-state index in [4.69, 9.17) is 14.2 Å².